The van der Waals surface area contributed by atoms with Gasteiger partial charge in [-0.25, -0.2) is 0 Å². The Kier molecular flexibility index (Phi) is 8.88. The summed E-state index contributed by atoms with van der Waals surface area (Å²) in [6.07, 6.45) is 1.26. The Bertz CT molecular complexity index is 2560. The van der Waals surface area contributed by atoms with Crippen LogP contribution in [0.4, 0.5) is 0 Å². The molecule has 0 N–H and O–H groups in total. The molecule has 0 radical (unpaired) electrons. The lowest BCUT2D eigenvalue weighted by Crippen LogP contribution is -2.09. The molecule has 57 heavy (non-hydrogen) atoms. The number of rotatable bonds is 6. The highest BCUT2D eigenvalue weighted by Gasteiger charge is 2.36. The lowest BCUT2D eigenvalue weighted by atomic mass is 9.93. The molecule has 0 saturated heterocycles. The molecule has 0 aromatic heterocycles. The molecular formula is C43H30N4O10. The van der Waals surface area contributed by atoms with Gasteiger partial charge in [0.2, 0.25) is 0 Å². The standard InChI is InChI=1S/C43H30N4O10/c1-48-30-10-20-7-22-12-32-34(56-42-28(18-46)38(52-5)36(50-3)26(16-44)40(42)54-32)14-24(22)9-25-15-35-33(13-23(25)8-21(20)11-31(30)49-2)55-41-27(17-45)37(51-4)39(53-6)29(19-47)43(41)57-35/h10-15H,7-9H2,1-6H3. The molecule has 5 aromatic rings. The molecule has 5 aromatic carbocycles. The van der Waals surface area contributed by atoms with Crippen molar-refractivity contribution in [2.45, 2.75) is 19.3 Å². The van der Waals surface area contributed by atoms with Crippen molar-refractivity contribution in [1.29, 1.82) is 21.0 Å². The van der Waals surface area contributed by atoms with Crippen LogP contribution in [0.25, 0.3) is 0 Å². The van der Waals surface area contributed by atoms with E-state index in [1.807, 2.05) is 36.4 Å². The molecule has 1 aliphatic carbocycles. The van der Waals surface area contributed by atoms with E-state index in [9.17, 15) is 21.0 Å². The SMILES string of the molecule is COc1cc2c(cc1OC)Cc1cc3c(cc1Cc1cc4c(cc1C2)Oc1c(C#N)c(OC)c(OC)c(C#N)c1O4)Oc1c(C#N)c(OC)c(OC)c(C#N)c1O3. The zero-order valence-electron chi connectivity index (χ0n) is 31.5. The minimum atomic E-state index is 0.00691. The molecular weight excluding hydrogens is 732 g/mol. The fourth-order valence-corrected chi connectivity index (χ4v) is 7.51. The zero-order chi connectivity index (χ0) is 40.1. The Morgan fingerprint density at radius 2 is 0.596 bits per heavy atom. The normalized spacial score (nSPS) is 12.3. The van der Waals surface area contributed by atoms with Crippen molar-refractivity contribution in [2.24, 2.45) is 0 Å². The minimum absolute atomic E-state index is 0.00691. The van der Waals surface area contributed by atoms with Crippen molar-refractivity contribution in [2.75, 3.05) is 42.7 Å². The van der Waals surface area contributed by atoms with Gasteiger partial charge in [0.25, 0.3) is 0 Å². The fourth-order valence-electron chi connectivity index (χ4n) is 7.51. The molecule has 0 atom stereocenters. The number of fused-ring (bicyclic) bond motifs is 7. The lowest BCUT2D eigenvalue weighted by molar-refractivity contribution is 0.328. The van der Waals surface area contributed by atoms with Crippen LogP contribution >= 0.6 is 0 Å². The summed E-state index contributed by atoms with van der Waals surface area (Å²) < 4.78 is 59.0. The third kappa shape index (κ3) is 5.51. The average molecular weight is 763 g/mol. The van der Waals surface area contributed by atoms with E-state index in [1.54, 1.807) is 14.2 Å². The minimum Gasteiger partial charge on any atom is -0.493 e. The van der Waals surface area contributed by atoms with Crippen LogP contribution in [0, 0.1) is 45.3 Å². The molecule has 282 valence electrons. The van der Waals surface area contributed by atoms with E-state index in [1.165, 1.54) is 28.4 Å². The molecule has 2 aliphatic heterocycles. The predicted octanol–water partition coefficient (Wildman–Crippen LogP) is 8.11. The summed E-state index contributed by atoms with van der Waals surface area (Å²) >= 11 is 0. The number of benzene rings is 5. The second-order valence-corrected chi connectivity index (χ2v) is 12.9. The van der Waals surface area contributed by atoms with Crippen molar-refractivity contribution >= 4 is 0 Å². The first-order valence-electron chi connectivity index (χ1n) is 17.3. The fraction of sp³-hybridized carbons (Fsp3) is 0.209. The summed E-state index contributed by atoms with van der Waals surface area (Å²) in [5.41, 5.74) is 5.40. The first kappa shape index (κ1) is 36.1. The number of methoxy groups -OCH3 is 6. The number of nitriles is 4. The summed E-state index contributed by atoms with van der Waals surface area (Å²) in [7, 11) is 8.65. The van der Waals surface area contributed by atoms with Crippen LogP contribution in [-0.2, 0) is 19.3 Å². The van der Waals surface area contributed by atoms with Gasteiger partial charge in [-0.2, -0.15) is 21.0 Å². The van der Waals surface area contributed by atoms with E-state index in [0.29, 0.717) is 53.8 Å². The highest BCUT2D eigenvalue weighted by Crippen LogP contribution is 2.57. The molecule has 0 bridgehead atoms. The molecule has 0 spiro atoms. The van der Waals surface area contributed by atoms with Gasteiger partial charge in [0.1, 0.15) is 46.5 Å². The van der Waals surface area contributed by atoms with Gasteiger partial charge >= 0.3 is 0 Å². The third-order valence-corrected chi connectivity index (χ3v) is 10.1. The molecule has 2 heterocycles. The van der Waals surface area contributed by atoms with Gasteiger partial charge in [-0.3, -0.25) is 0 Å². The zero-order valence-corrected chi connectivity index (χ0v) is 31.5. The lowest BCUT2D eigenvalue weighted by Gasteiger charge is -2.27. The maximum atomic E-state index is 10.2. The Hall–Kier alpha value is -7.94. The van der Waals surface area contributed by atoms with Crippen LogP contribution in [0.2, 0.25) is 0 Å². The van der Waals surface area contributed by atoms with Gasteiger partial charge in [0, 0.05) is 0 Å². The summed E-state index contributed by atoms with van der Waals surface area (Å²) in [5, 5.41) is 40.7. The Balaban J connectivity index is 1.32. The molecule has 0 saturated carbocycles. The molecule has 0 amide bonds. The predicted molar refractivity (Wildman–Crippen MR) is 199 cm³/mol. The van der Waals surface area contributed by atoms with E-state index >= 15 is 0 Å². The van der Waals surface area contributed by atoms with Crippen molar-refractivity contribution in [3.8, 4) is 105 Å². The first-order valence-corrected chi connectivity index (χ1v) is 17.3. The van der Waals surface area contributed by atoms with E-state index in [-0.39, 0.29) is 68.2 Å². The summed E-state index contributed by atoms with van der Waals surface area (Å²) in [6.45, 7) is 0. The first-order chi connectivity index (χ1) is 27.8. The molecule has 8 rings (SSSR count). The van der Waals surface area contributed by atoms with Gasteiger partial charge in [-0.15, -0.1) is 0 Å². The average Bonchev–Trinajstić information content (AvgIpc) is 3.29. The Morgan fingerprint density at radius 3 is 0.789 bits per heavy atom. The monoisotopic (exact) mass is 762 g/mol. The van der Waals surface area contributed by atoms with Gasteiger partial charge in [0.15, 0.2) is 80.5 Å². The Labute approximate surface area is 326 Å². The van der Waals surface area contributed by atoms with Crippen LogP contribution in [0.15, 0.2) is 36.4 Å². The van der Waals surface area contributed by atoms with E-state index in [4.69, 9.17) is 47.4 Å². The van der Waals surface area contributed by atoms with E-state index in [0.717, 1.165) is 33.4 Å². The number of nitrogens with zero attached hydrogens (tertiary/aromatic N) is 4. The Morgan fingerprint density at radius 1 is 0.368 bits per heavy atom. The van der Waals surface area contributed by atoms with Crippen LogP contribution in [0.3, 0.4) is 0 Å². The highest BCUT2D eigenvalue weighted by molar-refractivity contribution is 5.78. The third-order valence-electron chi connectivity index (χ3n) is 10.1. The van der Waals surface area contributed by atoms with Gasteiger partial charge in [-0.1, -0.05) is 0 Å². The smallest absolute Gasteiger partial charge is 0.193 e. The highest BCUT2D eigenvalue weighted by atomic mass is 16.6. The summed E-state index contributed by atoms with van der Waals surface area (Å²) in [4.78, 5) is 0. The molecule has 14 nitrogen and oxygen atoms in total. The maximum absolute atomic E-state index is 10.2. The van der Waals surface area contributed by atoms with Crippen LogP contribution in [-0.4, -0.2) is 42.7 Å². The van der Waals surface area contributed by atoms with Crippen molar-refractivity contribution in [3.05, 3.63) is 92.0 Å². The number of hydrogen-bond donors (Lipinski definition) is 0. The van der Waals surface area contributed by atoms with Gasteiger partial charge in [0.05, 0.1) is 42.7 Å². The van der Waals surface area contributed by atoms with E-state index < -0.39 is 0 Å². The second-order valence-electron chi connectivity index (χ2n) is 12.9. The van der Waals surface area contributed by atoms with Crippen molar-refractivity contribution < 1.29 is 47.4 Å². The second kappa shape index (κ2) is 14.0. The maximum Gasteiger partial charge on any atom is 0.193 e. The summed E-state index contributed by atoms with van der Waals surface area (Å²) in [5.74, 6) is 2.72. The summed E-state index contributed by atoms with van der Waals surface area (Å²) in [6, 6.07) is 19.7. The van der Waals surface area contributed by atoms with Crippen molar-refractivity contribution in [3.63, 3.8) is 0 Å². The van der Waals surface area contributed by atoms with Crippen LogP contribution < -0.4 is 47.4 Å². The largest absolute Gasteiger partial charge is 0.493 e. The molecule has 14 heteroatoms. The number of hydrogen-bond acceptors (Lipinski definition) is 14. The number of ether oxygens (including phenoxy) is 10. The quantitative estimate of drug-likeness (QED) is 0.158. The van der Waals surface area contributed by atoms with E-state index in [2.05, 4.69) is 24.3 Å². The van der Waals surface area contributed by atoms with Gasteiger partial charge in [-0.05, 0) is 89.0 Å². The van der Waals surface area contributed by atoms with Crippen LogP contribution in [0.5, 0.6) is 80.5 Å². The van der Waals surface area contributed by atoms with Crippen LogP contribution in [0.1, 0.15) is 55.6 Å². The molecule has 0 unspecified atom stereocenters. The molecule has 3 aliphatic rings. The topological polar surface area (TPSA) is 187 Å². The molecule has 0 fully saturated rings. The van der Waals surface area contributed by atoms with Gasteiger partial charge < -0.3 is 47.4 Å². The van der Waals surface area contributed by atoms with Crippen molar-refractivity contribution in [1.82, 2.24) is 0 Å².